The van der Waals surface area contributed by atoms with Crippen LogP contribution in [0.15, 0.2) is 0 Å². The molecule has 0 saturated carbocycles. The summed E-state index contributed by atoms with van der Waals surface area (Å²) >= 11 is 0. The van der Waals surface area contributed by atoms with Crippen LogP contribution in [0, 0.1) is 5.92 Å². The molecule has 0 aromatic rings. The van der Waals surface area contributed by atoms with Crippen LogP contribution >= 0.6 is 0 Å². The fourth-order valence-electron chi connectivity index (χ4n) is 1.79. The van der Waals surface area contributed by atoms with Gasteiger partial charge in [-0.15, -0.1) is 0 Å². The predicted molar refractivity (Wildman–Crippen MR) is 53.8 cm³/mol. The summed E-state index contributed by atoms with van der Waals surface area (Å²) in [4.78, 5) is 13.0. The van der Waals surface area contributed by atoms with Crippen LogP contribution in [-0.2, 0) is 4.79 Å². The van der Waals surface area contributed by atoms with Crippen LogP contribution in [0.1, 0.15) is 19.3 Å². The van der Waals surface area contributed by atoms with Crippen LogP contribution in [0.3, 0.4) is 0 Å². The standard InChI is InChI=1S/C10H20N2O/c1-11-5-2-6-12-7-3-10(9-13)4-8-12/h9-11H,2-8H2,1H3. The molecule has 1 saturated heterocycles. The Morgan fingerprint density at radius 1 is 1.46 bits per heavy atom. The van der Waals surface area contributed by atoms with Crippen molar-refractivity contribution in [1.82, 2.24) is 10.2 Å². The number of nitrogens with zero attached hydrogens (tertiary/aromatic N) is 1. The molecule has 13 heavy (non-hydrogen) atoms. The van der Waals surface area contributed by atoms with Crippen molar-refractivity contribution in [3.63, 3.8) is 0 Å². The number of nitrogens with one attached hydrogen (secondary N) is 1. The zero-order valence-corrected chi connectivity index (χ0v) is 8.46. The maximum Gasteiger partial charge on any atom is 0.123 e. The summed E-state index contributed by atoms with van der Waals surface area (Å²) in [6.07, 6.45) is 4.44. The Balaban J connectivity index is 2.07. The summed E-state index contributed by atoms with van der Waals surface area (Å²) in [5.41, 5.74) is 0. The molecule has 3 nitrogen and oxygen atoms in total. The van der Waals surface area contributed by atoms with Crippen molar-refractivity contribution in [2.75, 3.05) is 33.2 Å². The highest BCUT2D eigenvalue weighted by atomic mass is 16.1. The molecular formula is C10H20N2O. The first-order valence-corrected chi connectivity index (χ1v) is 5.19. The van der Waals surface area contributed by atoms with Gasteiger partial charge in [-0.25, -0.2) is 0 Å². The second kappa shape index (κ2) is 6.11. The van der Waals surface area contributed by atoms with Crippen LogP contribution in [-0.4, -0.2) is 44.4 Å². The molecule has 1 N–H and O–H groups in total. The summed E-state index contributed by atoms with van der Waals surface area (Å²) < 4.78 is 0. The molecule has 1 fully saturated rings. The van der Waals surface area contributed by atoms with Gasteiger partial charge in [0.25, 0.3) is 0 Å². The molecule has 1 aliphatic heterocycles. The maximum atomic E-state index is 10.5. The average Bonchev–Trinajstić information content (AvgIpc) is 2.19. The van der Waals surface area contributed by atoms with E-state index in [9.17, 15) is 4.79 Å². The van der Waals surface area contributed by atoms with E-state index in [-0.39, 0.29) is 0 Å². The normalized spacial score (nSPS) is 20.4. The van der Waals surface area contributed by atoms with Gasteiger partial charge in [-0.05, 0) is 52.5 Å². The lowest BCUT2D eigenvalue weighted by Crippen LogP contribution is -2.35. The molecular weight excluding hydrogens is 164 g/mol. The van der Waals surface area contributed by atoms with E-state index in [2.05, 4.69) is 10.2 Å². The fourth-order valence-corrected chi connectivity index (χ4v) is 1.79. The quantitative estimate of drug-likeness (QED) is 0.499. The van der Waals surface area contributed by atoms with E-state index in [4.69, 9.17) is 0 Å². The van der Waals surface area contributed by atoms with Crippen LogP contribution in [0.4, 0.5) is 0 Å². The van der Waals surface area contributed by atoms with Crippen LogP contribution in [0.25, 0.3) is 0 Å². The predicted octanol–water partition coefficient (Wildman–Crippen LogP) is 0.507. The lowest BCUT2D eigenvalue weighted by Gasteiger charge is -2.29. The summed E-state index contributed by atoms with van der Waals surface area (Å²) in [6.45, 7) is 4.47. The number of carbonyl (C=O) groups is 1. The van der Waals surface area contributed by atoms with E-state index < -0.39 is 0 Å². The van der Waals surface area contributed by atoms with Crippen molar-refractivity contribution < 1.29 is 4.79 Å². The van der Waals surface area contributed by atoms with Gasteiger partial charge in [0.15, 0.2) is 0 Å². The second-order valence-corrected chi connectivity index (χ2v) is 3.77. The van der Waals surface area contributed by atoms with Crippen LogP contribution < -0.4 is 5.32 Å². The highest BCUT2D eigenvalue weighted by Gasteiger charge is 2.17. The van der Waals surface area contributed by atoms with Gasteiger partial charge in [-0.3, -0.25) is 0 Å². The molecule has 0 spiro atoms. The van der Waals surface area contributed by atoms with Gasteiger partial charge < -0.3 is 15.0 Å². The molecule has 0 radical (unpaired) electrons. The van der Waals surface area contributed by atoms with Gasteiger partial charge in [0.1, 0.15) is 6.29 Å². The van der Waals surface area contributed by atoms with E-state index in [1.54, 1.807) is 0 Å². The number of piperidine rings is 1. The van der Waals surface area contributed by atoms with Crippen molar-refractivity contribution in [1.29, 1.82) is 0 Å². The molecule has 0 aliphatic carbocycles. The van der Waals surface area contributed by atoms with Gasteiger partial charge in [0.2, 0.25) is 0 Å². The number of rotatable bonds is 5. The molecule has 0 amide bonds. The van der Waals surface area contributed by atoms with Gasteiger partial charge in [0, 0.05) is 5.92 Å². The zero-order valence-electron chi connectivity index (χ0n) is 8.46. The van der Waals surface area contributed by atoms with E-state index in [1.165, 1.54) is 13.0 Å². The Labute approximate surface area is 80.5 Å². The van der Waals surface area contributed by atoms with Crippen molar-refractivity contribution >= 4 is 6.29 Å². The molecule has 0 bridgehead atoms. The molecule has 76 valence electrons. The third kappa shape index (κ3) is 3.87. The first-order chi connectivity index (χ1) is 6.36. The van der Waals surface area contributed by atoms with Crippen molar-refractivity contribution in [3.05, 3.63) is 0 Å². The van der Waals surface area contributed by atoms with Crippen LogP contribution in [0.2, 0.25) is 0 Å². The number of likely N-dealkylation sites (tertiary alicyclic amines) is 1. The highest BCUT2D eigenvalue weighted by molar-refractivity contribution is 5.53. The molecule has 3 heteroatoms. The number of carbonyl (C=O) groups excluding carboxylic acids is 1. The Morgan fingerprint density at radius 3 is 2.69 bits per heavy atom. The molecule has 1 aliphatic rings. The molecule has 0 unspecified atom stereocenters. The molecule has 1 heterocycles. The first-order valence-electron chi connectivity index (χ1n) is 5.19. The molecule has 0 atom stereocenters. The van der Waals surface area contributed by atoms with E-state index in [0.29, 0.717) is 5.92 Å². The van der Waals surface area contributed by atoms with E-state index in [0.717, 1.165) is 38.8 Å². The topological polar surface area (TPSA) is 32.3 Å². The fraction of sp³-hybridized carbons (Fsp3) is 0.900. The minimum absolute atomic E-state index is 0.334. The number of hydrogen-bond donors (Lipinski definition) is 1. The van der Waals surface area contributed by atoms with Crippen molar-refractivity contribution in [2.45, 2.75) is 19.3 Å². The van der Waals surface area contributed by atoms with Gasteiger partial charge in [-0.1, -0.05) is 0 Å². The lowest BCUT2D eigenvalue weighted by molar-refractivity contribution is -0.112. The Kier molecular flexibility index (Phi) is 5.01. The van der Waals surface area contributed by atoms with E-state index >= 15 is 0 Å². The minimum atomic E-state index is 0.334. The van der Waals surface area contributed by atoms with Gasteiger partial charge >= 0.3 is 0 Å². The molecule has 1 rings (SSSR count). The minimum Gasteiger partial charge on any atom is -0.320 e. The average molecular weight is 184 g/mol. The van der Waals surface area contributed by atoms with E-state index in [1.807, 2.05) is 7.05 Å². The van der Waals surface area contributed by atoms with Crippen LogP contribution in [0.5, 0.6) is 0 Å². The number of hydrogen-bond acceptors (Lipinski definition) is 3. The number of aldehydes is 1. The second-order valence-electron chi connectivity index (χ2n) is 3.77. The Hall–Kier alpha value is -0.410. The highest BCUT2D eigenvalue weighted by Crippen LogP contribution is 2.14. The summed E-state index contributed by atoms with van der Waals surface area (Å²) in [5.74, 6) is 0.334. The Bertz CT molecular complexity index is 142. The van der Waals surface area contributed by atoms with Gasteiger partial charge in [-0.2, -0.15) is 0 Å². The summed E-state index contributed by atoms with van der Waals surface area (Å²) in [7, 11) is 1.98. The third-order valence-electron chi connectivity index (χ3n) is 2.73. The Morgan fingerprint density at radius 2 is 2.15 bits per heavy atom. The third-order valence-corrected chi connectivity index (χ3v) is 2.73. The molecule has 0 aromatic heterocycles. The summed E-state index contributed by atoms with van der Waals surface area (Å²) in [5, 5.41) is 3.14. The molecule has 0 aromatic carbocycles. The van der Waals surface area contributed by atoms with Gasteiger partial charge in [0.05, 0.1) is 0 Å². The monoisotopic (exact) mass is 184 g/mol. The first kappa shape index (κ1) is 10.7. The smallest absolute Gasteiger partial charge is 0.123 e. The zero-order chi connectivity index (χ0) is 9.52. The van der Waals surface area contributed by atoms with Crippen molar-refractivity contribution in [2.24, 2.45) is 5.92 Å². The lowest BCUT2D eigenvalue weighted by atomic mass is 9.98. The largest absolute Gasteiger partial charge is 0.320 e. The summed E-state index contributed by atoms with van der Waals surface area (Å²) in [6, 6.07) is 0. The maximum absolute atomic E-state index is 10.5. The SMILES string of the molecule is CNCCCN1CCC(C=O)CC1. The van der Waals surface area contributed by atoms with Crippen molar-refractivity contribution in [3.8, 4) is 0 Å².